The lowest BCUT2D eigenvalue weighted by molar-refractivity contribution is -0.125. The molecular weight excluding hydrogens is 285 g/mol. The van der Waals surface area contributed by atoms with Crippen molar-refractivity contribution in [3.8, 4) is 0 Å². The van der Waals surface area contributed by atoms with E-state index in [1.807, 2.05) is 18.2 Å². The minimum absolute atomic E-state index is 0. The first-order valence-corrected chi connectivity index (χ1v) is 6.24. The second-order valence-electron chi connectivity index (χ2n) is 4.41. The van der Waals surface area contributed by atoms with Crippen LogP contribution in [0, 0.1) is 5.92 Å². The van der Waals surface area contributed by atoms with E-state index in [0.717, 1.165) is 38.0 Å². The summed E-state index contributed by atoms with van der Waals surface area (Å²) in [5.74, 6) is 0.320. The van der Waals surface area contributed by atoms with Crippen LogP contribution in [0.3, 0.4) is 0 Å². The van der Waals surface area contributed by atoms with E-state index < -0.39 is 0 Å². The second kappa shape index (κ2) is 10.0. The summed E-state index contributed by atoms with van der Waals surface area (Å²) in [6, 6.07) is 5.85. The number of halogens is 2. The van der Waals surface area contributed by atoms with Crippen molar-refractivity contribution in [1.29, 1.82) is 0 Å². The monoisotopic (exact) mass is 305 g/mol. The maximum absolute atomic E-state index is 11.8. The molecule has 0 unspecified atom stereocenters. The van der Waals surface area contributed by atoms with Crippen LogP contribution in [0.1, 0.15) is 18.5 Å². The smallest absolute Gasteiger partial charge is 0.224 e. The third kappa shape index (κ3) is 6.23. The van der Waals surface area contributed by atoms with Crippen molar-refractivity contribution in [2.75, 3.05) is 19.6 Å². The van der Waals surface area contributed by atoms with Crippen LogP contribution in [-0.2, 0) is 11.2 Å². The SMILES string of the molecule is Cl.Cl.O=C(NCCc1ccccn1)[C@@H]1CCCNC1. The van der Waals surface area contributed by atoms with Gasteiger partial charge in [-0.1, -0.05) is 6.07 Å². The number of rotatable bonds is 4. The van der Waals surface area contributed by atoms with E-state index in [1.54, 1.807) is 6.20 Å². The third-order valence-corrected chi connectivity index (χ3v) is 3.07. The molecule has 2 N–H and O–H groups in total. The molecule has 1 fully saturated rings. The van der Waals surface area contributed by atoms with Crippen LogP contribution in [-0.4, -0.2) is 30.5 Å². The van der Waals surface area contributed by atoms with Gasteiger partial charge in [0.1, 0.15) is 0 Å². The number of carbonyl (C=O) groups excluding carboxylic acids is 1. The minimum atomic E-state index is 0. The summed E-state index contributed by atoms with van der Waals surface area (Å²) in [6.07, 6.45) is 4.68. The van der Waals surface area contributed by atoms with Crippen molar-refractivity contribution in [2.45, 2.75) is 19.3 Å². The Morgan fingerprint density at radius 3 is 2.89 bits per heavy atom. The van der Waals surface area contributed by atoms with Gasteiger partial charge in [-0.15, -0.1) is 24.8 Å². The molecular formula is C13H21Cl2N3O. The van der Waals surface area contributed by atoms with Gasteiger partial charge in [0.2, 0.25) is 5.91 Å². The molecule has 4 nitrogen and oxygen atoms in total. The maximum atomic E-state index is 11.8. The molecule has 2 rings (SSSR count). The summed E-state index contributed by atoms with van der Waals surface area (Å²) in [6.45, 7) is 2.53. The van der Waals surface area contributed by atoms with Crippen molar-refractivity contribution >= 4 is 30.7 Å². The molecule has 108 valence electrons. The summed E-state index contributed by atoms with van der Waals surface area (Å²) in [5, 5.41) is 6.23. The molecule has 0 radical (unpaired) electrons. The van der Waals surface area contributed by atoms with Gasteiger partial charge >= 0.3 is 0 Å². The van der Waals surface area contributed by atoms with Crippen LogP contribution in [0.4, 0.5) is 0 Å². The van der Waals surface area contributed by atoms with Crippen LogP contribution in [0.25, 0.3) is 0 Å². The zero-order valence-electron chi connectivity index (χ0n) is 10.8. The quantitative estimate of drug-likeness (QED) is 0.888. The van der Waals surface area contributed by atoms with Gasteiger partial charge in [0.25, 0.3) is 0 Å². The Hall–Kier alpha value is -0.840. The number of nitrogens with zero attached hydrogens (tertiary/aromatic N) is 1. The number of carbonyl (C=O) groups is 1. The minimum Gasteiger partial charge on any atom is -0.355 e. The lowest BCUT2D eigenvalue weighted by Gasteiger charge is -2.21. The molecule has 1 aliphatic rings. The van der Waals surface area contributed by atoms with Crippen molar-refractivity contribution in [2.24, 2.45) is 5.92 Å². The van der Waals surface area contributed by atoms with Gasteiger partial charge in [0.15, 0.2) is 0 Å². The third-order valence-electron chi connectivity index (χ3n) is 3.07. The summed E-state index contributed by atoms with van der Waals surface area (Å²) in [5.41, 5.74) is 1.02. The highest BCUT2D eigenvalue weighted by Crippen LogP contribution is 2.09. The molecule has 1 atom stereocenters. The highest BCUT2D eigenvalue weighted by molar-refractivity contribution is 5.85. The van der Waals surface area contributed by atoms with Crippen molar-refractivity contribution in [1.82, 2.24) is 15.6 Å². The molecule has 19 heavy (non-hydrogen) atoms. The van der Waals surface area contributed by atoms with Gasteiger partial charge < -0.3 is 10.6 Å². The summed E-state index contributed by atoms with van der Waals surface area (Å²) >= 11 is 0. The zero-order chi connectivity index (χ0) is 11.9. The van der Waals surface area contributed by atoms with E-state index >= 15 is 0 Å². The molecule has 2 heterocycles. The van der Waals surface area contributed by atoms with Crippen LogP contribution in [0.15, 0.2) is 24.4 Å². The Bertz CT molecular complexity index is 356. The number of aromatic nitrogens is 1. The normalized spacial score (nSPS) is 17.8. The molecule has 0 bridgehead atoms. The second-order valence-corrected chi connectivity index (χ2v) is 4.41. The van der Waals surface area contributed by atoms with Gasteiger partial charge in [-0.05, 0) is 31.5 Å². The Morgan fingerprint density at radius 2 is 2.26 bits per heavy atom. The van der Waals surface area contributed by atoms with E-state index in [2.05, 4.69) is 15.6 Å². The first kappa shape index (κ1) is 18.2. The number of hydrogen-bond donors (Lipinski definition) is 2. The molecule has 1 aliphatic heterocycles. The molecule has 1 aromatic rings. The molecule has 1 saturated heterocycles. The summed E-state index contributed by atoms with van der Waals surface area (Å²) in [4.78, 5) is 16.0. The van der Waals surface area contributed by atoms with Crippen LogP contribution in [0.5, 0.6) is 0 Å². The van der Waals surface area contributed by atoms with Crippen LogP contribution in [0.2, 0.25) is 0 Å². The van der Waals surface area contributed by atoms with Crippen LogP contribution >= 0.6 is 24.8 Å². The Kier molecular flexibility index (Phi) is 9.57. The first-order valence-electron chi connectivity index (χ1n) is 6.24. The standard InChI is InChI=1S/C13H19N3O.2ClH/c17-13(11-4-3-7-14-10-11)16-9-6-12-5-1-2-8-15-12;;/h1-2,5,8,11,14H,3-4,6-7,9-10H2,(H,16,17);2*1H/t11-;;/m1../s1. The molecule has 1 amide bonds. The first-order chi connectivity index (χ1) is 8.36. The highest BCUT2D eigenvalue weighted by atomic mass is 35.5. The average molecular weight is 306 g/mol. The topological polar surface area (TPSA) is 54.0 Å². The van der Waals surface area contributed by atoms with Gasteiger partial charge in [-0.2, -0.15) is 0 Å². The van der Waals surface area contributed by atoms with Gasteiger partial charge in [-0.25, -0.2) is 0 Å². The molecule has 0 saturated carbocycles. The number of amides is 1. The molecule has 0 aromatic carbocycles. The van der Waals surface area contributed by atoms with Crippen molar-refractivity contribution in [3.05, 3.63) is 30.1 Å². The summed E-state index contributed by atoms with van der Waals surface area (Å²) < 4.78 is 0. The van der Waals surface area contributed by atoms with Crippen LogP contribution < -0.4 is 10.6 Å². The van der Waals surface area contributed by atoms with E-state index in [1.165, 1.54) is 0 Å². The zero-order valence-corrected chi connectivity index (χ0v) is 12.4. The van der Waals surface area contributed by atoms with Crippen molar-refractivity contribution < 1.29 is 4.79 Å². The fourth-order valence-electron chi connectivity index (χ4n) is 2.08. The van der Waals surface area contributed by atoms with E-state index in [0.29, 0.717) is 6.54 Å². The fourth-order valence-corrected chi connectivity index (χ4v) is 2.08. The van der Waals surface area contributed by atoms with Crippen molar-refractivity contribution in [3.63, 3.8) is 0 Å². The van der Waals surface area contributed by atoms with Gasteiger partial charge in [-0.3, -0.25) is 9.78 Å². The Morgan fingerprint density at radius 1 is 1.42 bits per heavy atom. The largest absolute Gasteiger partial charge is 0.355 e. The Labute approximate surface area is 126 Å². The van der Waals surface area contributed by atoms with E-state index in [9.17, 15) is 4.79 Å². The average Bonchev–Trinajstić information content (AvgIpc) is 2.41. The maximum Gasteiger partial charge on any atom is 0.224 e. The van der Waals surface area contributed by atoms with Gasteiger partial charge in [0.05, 0.1) is 5.92 Å². The van der Waals surface area contributed by atoms with Gasteiger partial charge in [0, 0.05) is 31.4 Å². The number of hydrogen-bond acceptors (Lipinski definition) is 3. The number of pyridine rings is 1. The molecule has 1 aromatic heterocycles. The predicted molar refractivity (Wildman–Crippen MR) is 81.0 cm³/mol. The molecule has 0 aliphatic carbocycles. The lowest BCUT2D eigenvalue weighted by atomic mass is 9.99. The fraction of sp³-hybridized carbons (Fsp3) is 0.538. The van der Waals surface area contributed by atoms with E-state index in [4.69, 9.17) is 0 Å². The van der Waals surface area contributed by atoms with E-state index in [-0.39, 0.29) is 36.6 Å². The molecule has 6 heteroatoms. The predicted octanol–water partition coefficient (Wildman–Crippen LogP) is 1.58. The molecule has 0 spiro atoms. The highest BCUT2D eigenvalue weighted by Gasteiger charge is 2.19. The summed E-state index contributed by atoms with van der Waals surface area (Å²) in [7, 11) is 0. The Balaban J connectivity index is 0.00000162. The number of piperidine rings is 1. The lowest BCUT2D eigenvalue weighted by Crippen LogP contribution is -2.41. The number of nitrogens with one attached hydrogen (secondary N) is 2.